The summed E-state index contributed by atoms with van der Waals surface area (Å²) < 4.78 is 47.2. The minimum absolute atomic E-state index is 0.162. The number of imidazole rings is 1. The van der Waals surface area contributed by atoms with Gasteiger partial charge in [0.05, 0.1) is 23.2 Å². The van der Waals surface area contributed by atoms with Gasteiger partial charge in [0.15, 0.2) is 5.13 Å². The molecule has 0 spiro atoms. The molecule has 6 nitrogen and oxygen atoms in total. The lowest BCUT2D eigenvalue weighted by atomic mass is 10.1. The fourth-order valence-electron chi connectivity index (χ4n) is 3.37. The van der Waals surface area contributed by atoms with Crippen molar-refractivity contribution < 1.29 is 22.7 Å². The lowest BCUT2D eigenvalue weighted by molar-refractivity contribution is -0.137. The Morgan fingerprint density at radius 2 is 1.97 bits per heavy atom. The fraction of sp³-hybridized carbons (Fsp3) is 0.261. The molecular formula is C23H21F3N4O2S. The number of alkyl halides is 3. The molecule has 2 aromatic carbocycles. The summed E-state index contributed by atoms with van der Waals surface area (Å²) in [6, 6.07) is 9.81. The van der Waals surface area contributed by atoms with Crippen LogP contribution in [0.15, 0.2) is 61.2 Å². The molecule has 172 valence electrons. The highest BCUT2D eigenvalue weighted by atomic mass is 32.1. The minimum atomic E-state index is -4.46. The fourth-order valence-corrected chi connectivity index (χ4v) is 4.38. The second kappa shape index (κ2) is 9.62. The van der Waals surface area contributed by atoms with Gasteiger partial charge in [0.1, 0.15) is 11.3 Å². The Balaban J connectivity index is 1.64. The standard InChI is InChI=1S/C23H21F3N4O2S/c1-2-32-18-5-3-6-19-20(18)28-22(33-19)30(13-4-12-29-14-11-27-15-29)21(31)16-7-9-17(10-8-16)23(24,25)26/h3,5-11,14-15H,2,4,12-13H2,1H3. The van der Waals surface area contributed by atoms with Gasteiger partial charge in [-0.25, -0.2) is 9.97 Å². The van der Waals surface area contributed by atoms with Gasteiger partial charge in [-0.05, 0) is 49.7 Å². The Labute approximate surface area is 192 Å². The number of aromatic nitrogens is 3. The maximum Gasteiger partial charge on any atom is 0.416 e. The molecule has 0 saturated heterocycles. The molecule has 2 heterocycles. The number of carbonyl (C=O) groups is 1. The van der Waals surface area contributed by atoms with Gasteiger partial charge in [-0.2, -0.15) is 13.2 Å². The number of nitrogens with zero attached hydrogens (tertiary/aromatic N) is 4. The molecule has 0 bridgehead atoms. The van der Waals surface area contributed by atoms with Crippen molar-refractivity contribution in [2.24, 2.45) is 0 Å². The van der Waals surface area contributed by atoms with Crippen molar-refractivity contribution in [2.45, 2.75) is 26.1 Å². The zero-order chi connectivity index (χ0) is 23.4. The van der Waals surface area contributed by atoms with Gasteiger partial charge >= 0.3 is 6.18 Å². The third kappa shape index (κ3) is 5.16. The van der Waals surface area contributed by atoms with E-state index >= 15 is 0 Å². The van der Waals surface area contributed by atoms with E-state index in [4.69, 9.17) is 4.74 Å². The minimum Gasteiger partial charge on any atom is -0.492 e. The van der Waals surface area contributed by atoms with Gasteiger partial charge in [0, 0.05) is 31.0 Å². The number of para-hydroxylation sites is 1. The highest BCUT2D eigenvalue weighted by Gasteiger charge is 2.31. The Morgan fingerprint density at radius 1 is 1.18 bits per heavy atom. The molecule has 0 aliphatic carbocycles. The molecule has 4 rings (SSSR count). The first kappa shape index (κ1) is 22.8. The van der Waals surface area contributed by atoms with Crippen molar-refractivity contribution in [3.8, 4) is 5.75 Å². The summed E-state index contributed by atoms with van der Waals surface area (Å²) in [5, 5.41) is 0.465. The molecule has 0 aliphatic heterocycles. The Morgan fingerprint density at radius 3 is 2.64 bits per heavy atom. The van der Waals surface area contributed by atoms with Gasteiger partial charge in [0.25, 0.3) is 5.91 Å². The van der Waals surface area contributed by atoms with Crippen LogP contribution in [0.2, 0.25) is 0 Å². The van der Waals surface area contributed by atoms with Gasteiger partial charge in [-0.3, -0.25) is 9.69 Å². The van der Waals surface area contributed by atoms with Crippen LogP contribution in [-0.4, -0.2) is 33.6 Å². The van der Waals surface area contributed by atoms with Crippen molar-refractivity contribution in [3.05, 3.63) is 72.3 Å². The van der Waals surface area contributed by atoms with Crippen molar-refractivity contribution in [3.63, 3.8) is 0 Å². The third-order valence-corrected chi connectivity index (χ3v) is 6.01. The maximum atomic E-state index is 13.3. The second-order valence-corrected chi connectivity index (χ2v) is 8.23. The number of benzene rings is 2. The quantitative estimate of drug-likeness (QED) is 0.331. The molecule has 0 aliphatic rings. The van der Waals surface area contributed by atoms with E-state index in [0.29, 0.717) is 42.5 Å². The molecule has 2 aromatic heterocycles. The summed E-state index contributed by atoms with van der Waals surface area (Å²) in [4.78, 5) is 23.5. The number of rotatable bonds is 8. The van der Waals surface area contributed by atoms with E-state index in [-0.39, 0.29) is 5.56 Å². The molecular weight excluding hydrogens is 453 g/mol. The zero-order valence-electron chi connectivity index (χ0n) is 17.7. The SMILES string of the molecule is CCOc1cccc2sc(N(CCCn3ccnc3)C(=O)c3ccc(C(F)(F)F)cc3)nc12. The first-order valence-electron chi connectivity index (χ1n) is 10.3. The number of aryl methyl sites for hydroxylation is 1. The first-order chi connectivity index (χ1) is 15.9. The van der Waals surface area contributed by atoms with Crippen LogP contribution in [0.5, 0.6) is 5.75 Å². The van der Waals surface area contributed by atoms with Crippen molar-refractivity contribution >= 4 is 32.6 Å². The van der Waals surface area contributed by atoms with E-state index < -0.39 is 17.6 Å². The Kier molecular flexibility index (Phi) is 6.64. The summed E-state index contributed by atoms with van der Waals surface area (Å²) in [6.07, 6.45) is 1.34. The molecule has 0 fully saturated rings. The molecule has 0 saturated carbocycles. The normalized spacial score (nSPS) is 11.6. The van der Waals surface area contributed by atoms with Gasteiger partial charge < -0.3 is 9.30 Å². The summed E-state index contributed by atoms with van der Waals surface area (Å²) in [7, 11) is 0. The predicted molar refractivity (Wildman–Crippen MR) is 121 cm³/mol. The number of carbonyl (C=O) groups excluding carboxylic acids is 1. The van der Waals surface area contributed by atoms with E-state index in [2.05, 4.69) is 9.97 Å². The Bertz CT molecular complexity index is 1220. The summed E-state index contributed by atoms with van der Waals surface area (Å²) in [5.74, 6) is 0.212. The topological polar surface area (TPSA) is 60.2 Å². The van der Waals surface area contributed by atoms with Crippen molar-refractivity contribution in [1.29, 1.82) is 0 Å². The number of ether oxygens (including phenoxy) is 1. The summed E-state index contributed by atoms with van der Waals surface area (Å²) in [6.45, 7) is 3.32. The number of fused-ring (bicyclic) bond motifs is 1. The predicted octanol–water partition coefficient (Wildman–Crippen LogP) is 5.65. The number of anilines is 1. The highest BCUT2D eigenvalue weighted by molar-refractivity contribution is 7.22. The Hall–Kier alpha value is -3.40. The molecule has 0 unspecified atom stereocenters. The highest BCUT2D eigenvalue weighted by Crippen LogP contribution is 2.35. The van der Waals surface area contributed by atoms with Gasteiger partial charge in [0.2, 0.25) is 0 Å². The molecule has 0 radical (unpaired) electrons. The van der Waals surface area contributed by atoms with Gasteiger partial charge in [-0.15, -0.1) is 0 Å². The van der Waals surface area contributed by atoms with Crippen LogP contribution in [0.1, 0.15) is 29.3 Å². The number of halogens is 3. The monoisotopic (exact) mass is 474 g/mol. The van der Waals surface area contributed by atoms with Crippen LogP contribution >= 0.6 is 11.3 Å². The molecule has 4 aromatic rings. The lowest BCUT2D eigenvalue weighted by Crippen LogP contribution is -2.32. The lowest BCUT2D eigenvalue weighted by Gasteiger charge is -2.20. The summed E-state index contributed by atoms with van der Waals surface area (Å²) >= 11 is 1.34. The molecule has 1 amide bonds. The molecule has 10 heteroatoms. The van der Waals surface area contributed by atoms with Crippen LogP contribution in [0, 0.1) is 0 Å². The third-order valence-electron chi connectivity index (χ3n) is 4.96. The van der Waals surface area contributed by atoms with Crippen molar-refractivity contribution in [2.75, 3.05) is 18.1 Å². The summed E-state index contributed by atoms with van der Waals surface area (Å²) in [5.41, 5.74) is 0.0150. The molecule has 33 heavy (non-hydrogen) atoms. The van der Waals surface area contributed by atoms with E-state index in [0.717, 1.165) is 16.8 Å². The van der Waals surface area contributed by atoms with Gasteiger partial charge in [-0.1, -0.05) is 17.4 Å². The molecule has 0 N–H and O–H groups in total. The second-order valence-electron chi connectivity index (χ2n) is 7.22. The number of hydrogen-bond donors (Lipinski definition) is 0. The number of amides is 1. The molecule has 0 atom stereocenters. The zero-order valence-corrected chi connectivity index (χ0v) is 18.6. The first-order valence-corrected chi connectivity index (χ1v) is 11.2. The van der Waals surface area contributed by atoms with Crippen LogP contribution in [0.3, 0.4) is 0 Å². The van der Waals surface area contributed by atoms with Crippen LogP contribution in [0.4, 0.5) is 18.3 Å². The van der Waals surface area contributed by atoms with Crippen LogP contribution in [0.25, 0.3) is 10.2 Å². The average molecular weight is 475 g/mol. The number of thiazole rings is 1. The van der Waals surface area contributed by atoms with E-state index in [1.165, 1.54) is 28.4 Å². The van der Waals surface area contributed by atoms with E-state index in [9.17, 15) is 18.0 Å². The average Bonchev–Trinajstić information content (AvgIpc) is 3.46. The van der Waals surface area contributed by atoms with E-state index in [1.54, 1.807) is 12.5 Å². The number of hydrogen-bond acceptors (Lipinski definition) is 5. The largest absolute Gasteiger partial charge is 0.492 e. The van der Waals surface area contributed by atoms with Crippen LogP contribution < -0.4 is 9.64 Å². The smallest absolute Gasteiger partial charge is 0.416 e. The maximum absolute atomic E-state index is 13.3. The van der Waals surface area contributed by atoms with Crippen LogP contribution in [-0.2, 0) is 12.7 Å². The van der Waals surface area contributed by atoms with E-state index in [1.807, 2.05) is 35.9 Å². The van der Waals surface area contributed by atoms with Crippen molar-refractivity contribution in [1.82, 2.24) is 14.5 Å².